The van der Waals surface area contributed by atoms with Gasteiger partial charge in [-0.1, -0.05) is 11.3 Å². The second-order valence-electron chi connectivity index (χ2n) is 3.71. The van der Waals surface area contributed by atoms with Gasteiger partial charge in [-0.2, -0.15) is 5.10 Å². The normalized spacial score (nSPS) is 10.2. The number of carbonyl (C=O) groups is 2. The van der Waals surface area contributed by atoms with Gasteiger partial charge in [0.25, 0.3) is 5.91 Å². The van der Waals surface area contributed by atoms with Crippen LogP contribution < -0.4 is 5.32 Å². The Morgan fingerprint density at radius 1 is 1.55 bits per heavy atom. The number of rotatable bonds is 5. The highest BCUT2D eigenvalue weighted by Crippen LogP contribution is 2.23. The predicted molar refractivity (Wildman–Crippen MR) is 68.8 cm³/mol. The van der Waals surface area contributed by atoms with E-state index in [9.17, 15) is 19.7 Å². The molecule has 0 fully saturated rings. The van der Waals surface area contributed by atoms with Crippen LogP contribution in [-0.2, 0) is 11.3 Å². The molecule has 0 saturated heterocycles. The van der Waals surface area contributed by atoms with E-state index in [-0.39, 0.29) is 17.1 Å². The molecule has 0 aliphatic carbocycles. The monoisotopic (exact) mass is 296 g/mol. The standard InChI is InChI=1S/C10H8N4O5S/c15-9(16)4-13-3-7(2-11-13)12-10(17)6-1-8(14(18)19)20-5-6/h1-3,5H,4H2,(H,12,17)(H,15,16). The van der Waals surface area contributed by atoms with Gasteiger partial charge < -0.3 is 10.4 Å². The minimum atomic E-state index is -1.06. The summed E-state index contributed by atoms with van der Waals surface area (Å²) in [5, 5.41) is 26.6. The molecule has 0 saturated carbocycles. The van der Waals surface area contributed by atoms with Crippen LogP contribution in [0.3, 0.4) is 0 Å². The van der Waals surface area contributed by atoms with Gasteiger partial charge in [0.05, 0.1) is 22.4 Å². The third kappa shape index (κ3) is 3.17. The summed E-state index contributed by atoms with van der Waals surface area (Å²) in [4.78, 5) is 32.2. The van der Waals surface area contributed by atoms with E-state index < -0.39 is 16.8 Å². The molecule has 0 atom stereocenters. The van der Waals surface area contributed by atoms with Crippen molar-refractivity contribution in [1.82, 2.24) is 9.78 Å². The van der Waals surface area contributed by atoms with Crippen molar-refractivity contribution in [3.63, 3.8) is 0 Å². The number of hydrogen-bond donors (Lipinski definition) is 2. The number of carboxylic acids is 1. The number of carbonyl (C=O) groups excluding carboxylic acids is 1. The molecule has 0 aliphatic rings. The van der Waals surface area contributed by atoms with E-state index in [0.29, 0.717) is 5.69 Å². The molecular formula is C10H8N4O5S. The van der Waals surface area contributed by atoms with Gasteiger partial charge in [-0.05, 0) is 0 Å². The SMILES string of the molecule is O=C(O)Cn1cc(NC(=O)c2csc([N+](=O)[O-])c2)cn1. The fraction of sp³-hybridized carbons (Fsp3) is 0.100. The zero-order chi connectivity index (χ0) is 14.7. The molecule has 1 amide bonds. The van der Waals surface area contributed by atoms with Gasteiger partial charge in [-0.15, -0.1) is 0 Å². The van der Waals surface area contributed by atoms with Gasteiger partial charge in [-0.25, -0.2) is 0 Å². The lowest BCUT2D eigenvalue weighted by Crippen LogP contribution is -2.11. The molecule has 2 N–H and O–H groups in total. The lowest BCUT2D eigenvalue weighted by molar-refractivity contribution is -0.380. The van der Waals surface area contributed by atoms with Crippen LogP contribution in [0.1, 0.15) is 10.4 Å². The van der Waals surface area contributed by atoms with Crippen molar-refractivity contribution in [2.75, 3.05) is 5.32 Å². The number of nitro groups is 1. The van der Waals surface area contributed by atoms with Crippen LogP contribution in [0.2, 0.25) is 0 Å². The summed E-state index contributed by atoms with van der Waals surface area (Å²) in [6.07, 6.45) is 2.65. The van der Waals surface area contributed by atoms with Crippen LogP contribution in [0.25, 0.3) is 0 Å². The van der Waals surface area contributed by atoms with Gasteiger partial charge in [0, 0.05) is 17.6 Å². The topological polar surface area (TPSA) is 127 Å². The van der Waals surface area contributed by atoms with Crippen molar-refractivity contribution < 1.29 is 19.6 Å². The van der Waals surface area contributed by atoms with Gasteiger partial charge in [0.15, 0.2) is 0 Å². The molecule has 9 nitrogen and oxygen atoms in total. The molecule has 0 aromatic carbocycles. The predicted octanol–water partition coefficient (Wildman–Crippen LogP) is 1.19. The van der Waals surface area contributed by atoms with E-state index in [2.05, 4.69) is 10.4 Å². The van der Waals surface area contributed by atoms with Crippen LogP contribution in [0, 0.1) is 10.1 Å². The van der Waals surface area contributed by atoms with Crippen molar-refractivity contribution in [2.45, 2.75) is 6.54 Å². The first-order valence-corrected chi connectivity index (χ1v) is 6.12. The molecule has 2 rings (SSSR count). The van der Waals surface area contributed by atoms with Gasteiger partial charge in [-0.3, -0.25) is 24.4 Å². The third-order valence-corrected chi connectivity index (χ3v) is 3.10. The number of thiophene rings is 1. The average Bonchev–Trinajstić information content (AvgIpc) is 2.97. The number of carboxylic acid groups (broad SMARTS) is 1. The molecular weight excluding hydrogens is 288 g/mol. The molecule has 2 heterocycles. The number of hydrogen-bond acceptors (Lipinski definition) is 6. The molecule has 0 unspecified atom stereocenters. The number of nitrogens with zero attached hydrogens (tertiary/aromatic N) is 3. The summed E-state index contributed by atoms with van der Waals surface area (Å²) >= 11 is 0.852. The Morgan fingerprint density at radius 2 is 2.30 bits per heavy atom. The van der Waals surface area contributed by atoms with E-state index in [4.69, 9.17) is 5.11 Å². The van der Waals surface area contributed by atoms with Crippen LogP contribution in [0.15, 0.2) is 23.8 Å². The fourth-order valence-electron chi connectivity index (χ4n) is 1.40. The number of amides is 1. The Labute approximate surface area is 115 Å². The number of aromatic nitrogens is 2. The Kier molecular flexibility index (Phi) is 3.75. The number of nitrogens with one attached hydrogen (secondary N) is 1. The molecule has 20 heavy (non-hydrogen) atoms. The average molecular weight is 296 g/mol. The first-order valence-electron chi connectivity index (χ1n) is 5.24. The van der Waals surface area contributed by atoms with E-state index in [1.54, 1.807) is 0 Å². The smallest absolute Gasteiger partial charge is 0.325 e. The van der Waals surface area contributed by atoms with Crippen LogP contribution in [0.4, 0.5) is 10.7 Å². The van der Waals surface area contributed by atoms with Crippen molar-refractivity contribution in [3.8, 4) is 0 Å². The third-order valence-electron chi connectivity index (χ3n) is 2.22. The Hall–Kier alpha value is -2.75. The molecule has 2 aromatic rings. The van der Waals surface area contributed by atoms with Gasteiger partial charge in [0.1, 0.15) is 6.54 Å². The zero-order valence-electron chi connectivity index (χ0n) is 9.85. The molecule has 0 radical (unpaired) electrons. The second kappa shape index (κ2) is 5.48. The first kappa shape index (κ1) is 13.7. The van der Waals surface area contributed by atoms with Crippen molar-refractivity contribution in [1.29, 1.82) is 0 Å². The van der Waals surface area contributed by atoms with Crippen molar-refractivity contribution >= 4 is 33.9 Å². The summed E-state index contributed by atoms with van der Waals surface area (Å²) in [5.41, 5.74) is 0.470. The maximum atomic E-state index is 11.8. The van der Waals surface area contributed by atoms with Crippen LogP contribution >= 0.6 is 11.3 Å². The minimum Gasteiger partial charge on any atom is -0.480 e. The lowest BCUT2D eigenvalue weighted by Gasteiger charge is -1.98. The van der Waals surface area contributed by atoms with E-state index >= 15 is 0 Å². The summed E-state index contributed by atoms with van der Waals surface area (Å²) in [6.45, 7) is -0.320. The van der Waals surface area contributed by atoms with Crippen molar-refractivity contribution in [2.24, 2.45) is 0 Å². The van der Waals surface area contributed by atoms with E-state index in [0.717, 1.165) is 16.0 Å². The molecule has 104 valence electrons. The Balaban J connectivity index is 2.05. The molecule has 0 bridgehead atoms. The minimum absolute atomic E-state index is 0.128. The highest BCUT2D eigenvalue weighted by molar-refractivity contribution is 7.13. The first-order chi connectivity index (χ1) is 9.45. The largest absolute Gasteiger partial charge is 0.480 e. The van der Waals surface area contributed by atoms with E-state index in [1.807, 2.05) is 0 Å². The maximum absolute atomic E-state index is 11.8. The molecule has 0 spiro atoms. The summed E-state index contributed by atoms with van der Waals surface area (Å²) in [7, 11) is 0. The Morgan fingerprint density at radius 3 is 2.90 bits per heavy atom. The summed E-state index contributed by atoms with van der Waals surface area (Å²) in [5.74, 6) is -1.58. The maximum Gasteiger partial charge on any atom is 0.325 e. The van der Waals surface area contributed by atoms with Gasteiger partial charge in [0.2, 0.25) is 0 Å². The molecule has 2 aromatic heterocycles. The fourth-order valence-corrected chi connectivity index (χ4v) is 2.10. The zero-order valence-corrected chi connectivity index (χ0v) is 10.7. The van der Waals surface area contributed by atoms with Gasteiger partial charge >= 0.3 is 11.0 Å². The van der Waals surface area contributed by atoms with Crippen LogP contribution in [-0.4, -0.2) is 31.7 Å². The summed E-state index contributed by atoms with van der Waals surface area (Å²) < 4.78 is 1.15. The number of anilines is 1. The number of aliphatic carboxylic acids is 1. The molecule has 10 heteroatoms. The van der Waals surface area contributed by atoms with E-state index in [1.165, 1.54) is 23.8 Å². The van der Waals surface area contributed by atoms with Crippen LogP contribution in [0.5, 0.6) is 0 Å². The second-order valence-corrected chi connectivity index (χ2v) is 4.59. The molecule has 0 aliphatic heterocycles. The summed E-state index contributed by atoms with van der Waals surface area (Å²) in [6, 6.07) is 1.17. The quantitative estimate of drug-likeness (QED) is 0.630. The highest BCUT2D eigenvalue weighted by Gasteiger charge is 2.15. The lowest BCUT2D eigenvalue weighted by atomic mass is 10.3. The van der Waals surface area contributed by atoms with Crippen molar-refractivity contribution in [3.05, 3.63) is 39.5 Å². The Bertz CT molecular complexity index is 677. The highest BCUT2D eigenvalue weighted by atomic mass is 32.1.